The number of piperidine rings is 1. The highest BCUT2D eigenvalue weighted by molar-refractivity contribution is 5.47. The summed E-state index contributed by atoms with van der Waals surface area (Å²) in [5.74, 6) is 2.84. The number of nitrogens with zero attached hydrogens (tertiary/aromatic N) is 4. The van der Waals surface area contributed by atoms with Gasteiger partial charge in [-0.05, 0) is 43.9 Å². The molecule has 0 N–H and O–H groups in total. The van der Waals surface area contributed by atoms with Crippen LogP contribution >= 0.6 is 0 Å². The van der Waals surface area contributed by atoms with Crippen molar-refractivity contribution in [1.82, 2.24) is 14.9 Å². The van der Waals surface area contributed by atoms with E-state index in [0.29, 0.717) is 17.4 Å². The lowest BCUT2D eigenvalue weighted by atomic mass is 10.0. The first-order chi connectivity index (χ1) is 16.2. The highest BCUT2D eigenvalue weighted by Gasteiger charge is 2.26. The molecule has 0 aliphatic carbocycles. The summed E-state index contributed by atoms with van der Waals surface area (Å²) in [5, 5.41) is 0. The Morgan fingerprint density at radius 3 is 2.39 bits per heavy atom. The number of benzene rings is 2. The standard InChI is InChI=1S/C27H32N4O2/c1-20-10-12-21(13-11-20)18-30-17-14-23-22(19-30)26(33-25-9-5-4-8-24(25)32-2)29-27(28-23)31-15-6-3-7-16-31/h4-5,8-13H,3,6-7,14-19H2,1-2H3. The van der Waals surface area contributed by atoms with E-state index in [9.17, 15) is 0 Å². The second-order valence-electron chi connectivity index (χ2n) is 9.00. The lowest BCUT2D eigenvalue weighted by Crippen LogP contribution is -2.34. The summed E-state index contributed by atoms with van der Waals surface area (Å²) in [6.45, 7) is 6.79. The first-order valence-corrected chi connectivity index (χ1v) is 11.9. The highest BCUT2D eigenvalue weighted by Crippen LogP contribution is 2.36. The first-order valence-electron chi connectivity index (χ1n) is 11.9. The molecule has 0 radical (unpaired) electrons. The molecule has 3 heterocycles. The molecule has 5 rings (SSSR count). The molecule has 33 heavy (non-hydrogen) atoms. The zero-order valence-corrected chi connectivity index (χ0v) is 19.6. The predicted molar refractivity (Wildman–Crippen MR) is 130 cm³/mol. The Hall–Kier alpha value is -3.12. The van der Waals surface area contributed by atoms with Crippen molar-refractivity contribution in [1.29, 1.82) is 0 Å². The smallest absolute Gasteiger partial charge is 0.229 e. The van der Waals surface area contributed by atoms with Crippen LogP contribution in [0, 0.1) is 6.92 Å². The monoisotopic (exact) mass is 444 g/mol. The van der Waals surface area contributed by atoms with E-state index in [1.165, 1.54) is 30.4 Å². The number of fused-ring (bicyclic) bond motifs is 1. The summed E-state index contributed by atoms with van der Waals surface area (Å²) >= 11 is 0. The Bertz CT molecular complexity index is 1090. The third kappa shape index (κ3) is 4.96. The van der Waals surface area contributed by atoms with Gasteiger partial charge in [0.2, 0.25) is 11.8 Å². The SMILES string of the molecule is COc1ccccc1Oc1nc(N2CCCCC2)nc2c1CN(Cc1ccc(C)cc1)CC2. The van der Waals surface area contributed by atoms with E-state index in [1.54, 1.807) is 7.11 Å². The summed E-state index contributed by atoms with van der Waals surface area (Å²) in [6, 6.07) is 16.5. The Morgan fingerprint density at radius 1 is 0.879 bits per heavy atom. The van der Waals surface area contributed by atoms with Crippen LogP contribution in [-0.4, -0.2) is 41.6 Å². The largest absolute Gasteiger partial charge is 0.493 e. The minimum Gasteiger partial charge on any atom is -0.493 e. The van der Waals surface area contributed by atoms with E-state index >= 15 is 0 Å². The highest BCUT2D eigenvalue weighted by atomic mass is 16.5. The maximum atomic E-state index is 6.42. The van der Waals surface area contributed by atoms with Crippen molar-refractivity contribution in [2.24, 2.45) is 0 Å². The Labute approximate surface area is 196 Å². The van der Waals surface area contributed by atoms with Crippen molar-refractivity contribution in [2.75, 3.05) is 31.6 Å². The van der Waals surface area contributed by atoms with Crippen LogP contribution in [0.2, 0.25) is 0 Å². The van der Waals surface area contributed by atoms with Crippen molar-refractivity contribution >= 4 is 5.95 Å². The second-order valence-corrected chi connectivity index (χ2v) is 9.00. The summed E-state index contributed by atoms with van der Waals surface area (Å²) in [5.41, 5.74) is 4.80. The van der Waals surface area contributed by atoms with Crippen molar-refractivity contribution in [3.8, 4) is 17.4 Å². The minimum atomic E-state index is 0.652. The number of hydrogen-bond acceptors (Lipinski definition) is 6. The lowest BCUT2D eigenvalue weighted by Gasteiger charge is -2.32. The van der Waals surface area contributed by atoms with E-state index in [-0.39, 0.29) is 0 Å². The van der Waals surface area contributed by atoms with Gasteiger partial charge in [-0.15, -0.1) is 0 Å². The molecule has 2 aliphatic rings. The molecule has 2 aliphatic heterocycles. The van der Waals surface area contributed by atoms with E-state index in [4.69, 9.17) is 19.4 Å². The predicted octanol–water partition coefficient (Wildman–Crippen LogP) is 5.13. The van der Waals surface area contributed by atoms with Crippen molar-refractivity contribution in [3.05, 3.63) is 70.9 Å². The first kappa shape index (κ1) is 21.7. The number of ether oxygens (including phenoxy) is 2. The van der Waals surface area contributed by atoms with Crippen LogP contribution < -0.4 is 14.4 Å². The van der Waals surface area contributed by atoms with Crippen LogP contribution in [0.3, 0.4) is 0 Å². The number of para-hydroxylation sites is 2. The van der Waals surface area contributed by atoms with Crippen LogP contribution in [-0.2, 0) is 19.5 Å². The van der Waals surface area contributed by atoms with Gasteiger partial charge < -0.3 is 14.4 Å². The third-order valence-electron chi connectivity index (χ3n) is 6.53. The molecule has 1 fully saturated rings. The average molecular weight is 445 g/mol. The average Bonchev–Trinajstić information content (AvgIpc) is 2.86. The molecule has 0 unspecified atom stereocenters. The Kier molecular flexibility index (Phi) is 6.44. The van der Waals surface area contributed by atoms with Crippen LogP contribution in [0.1, 0.15) is 41.6 Å². The third-order valence-corrected chi connectivity index (χ3v) is 6.53. The lowest BCUT2D eigenvalue weighted by molar-refractivity contribution is 0.237. The summed E-state index contributed by atoms with van der Waals surface area (Å²) in [4.78, 5) is 14.7. The van der Waals surface area contributed by atoms with Crippen molar-refractivity contribution < 1.29 is 9.47 Å². The van der Waals surface area contributed by atoms with Gasteiger partial charge in [-0.25, -0.2) is 4.98 Å². The minimum absolute atomic E-state index is 0.652. The summed E-state index contributed by atoms with van der Waals surface area (Å²) in [7, 11) is 1.67. The fraction of sp³-hybridized carbons (Fsp3) is 0.407. The van der Waals surface area contributed by atoms with E-state index in [2.05, 4.69) is 41.0 Å². The molecule has 1 aromatic heterocycles. The second kappa shape index (κ2) is 9.79. The normalized spacial score (nSPS) is 16.4. The molecule has 0 saturated carbocycles. The van der Waals surface area contributed by atoms with Gasteiger partial charge in [0, 0.05) is 39.1 Å². The fourth-order valence-electron chi connectivity index (χ4n) is 4.64. The molecule has 6 nitrogen and oxygen atoms in total. The molecule has 3 aromatic rings. The number of rotatable bonds is 6. The quantitative estimate of drug-likeness (QED) is 0.525. The number of aromatic nitrogens is 2. The fourth-order valence-corrected chi connectivity index (χ4v) is 4.64. The van der Waals surface area contributed by atoms with Gasteiger partial charge in [-0.3, -0.25) is 4.90 Å². The maximum absolute atomic E-state index is 6.42. The molecule has 0 bridgehead atoms. The van der Waals surface area contributed by atoms with Gasteiger partial charge in [0.25, 0.3) is 0 Å². The Morgan fingerprint density at radius 2 is 1.64 bits per heavy atom. The summed E-state index contributed by atoms with van der Waals surface area (Å²) < 4.78 is 11.9. The number of anilines is 1. The summed E-state index contributed by atoms with van der Waals surface area (Å²) in [6.07, 6.45) is 4.55. The number of methoxy groups -OCH3 is 1. The van der Waals surface area contributed by atoms with Crippen molar-refractivity contribution in [3.63, 3.8) is 0 Å². The molecule has 0 amide bonds. The van der Waals surface area contributed by atoms with Gasteiger partial charge in [-0.2, -0.15) is 4.98 Å². The number of hydrogen-bond donors (Lipinski definition) is 0. The molecule has 2 aromatic carbocycles. The van der Waals surface area contributed by atoms with Gasteiger partial charge in [0.1, 0.15) is 0 Å². The topological polar surface area (TPSA) is 50.7 Å². The molecule has 1 saturated heterocycles. The maximum Gasteiger partial charge on any atom is 0.229 e. The van der Waals surface area contributed by atoms with Crippen LogP contribution in [0.25, 0.3) is 0 Å². The molecule has 0 atom stereocenters. The molecular formula is C27H32N4O2. The molecule has 172 valence electrons. The van der Waals surface area contributed by atoms with Crippen molar-refractivity contribution in [2.45, 2.75) is 45.7 Å². The van der Waals surface area contributed by atoms with E-state index < -0.39 is 0 Å². The zero-order chi connectivity index (χ0) is 22.6. The van der Waals surface area contributed by atoms with Crippen LogP contribution in [0.4, 0.5) is 5.95 Å². The van der Waals surface area contributed by atoms with Gasteiger partial charge in [0.05, 0.1) is 18.4 Å². The van der Waals surface area contributed by atoms with Gasteiger partial charge in [-0.1, -0.05) is 42.0 Å². The molecule has 6 heteroatoms. The van der Waals surface area contributed by atoms with Crippen LogP contribution in [0.5, 0.6) is 17.4 Å². The van der Waals surface area contributed by atoms with Gasteiger partial charge in [0.15, 0.2) is 11.5 Å². The van der Waals surface area contributed by atoms with Gasteiger partial charge >= 0.3 is 0 Å². The van der Waals surface area contributed by atoms with Crippen LogP contribution in [0.15, 0.2) is 48.5 Å². The van der Waals surface area contributed by atoms with E-state index in [0.717, 1.165) is 56.4 Å². The number of aryl methyl sites for hydroxylation is 1. The zero-order valence-electron chi connectivity index (χ0n) is 19.6. The van der Waals surface area contributed by atoms with E-state index in [1.807, 2.05) is 24.3 Å². The Balaban J connectivity index is 1.46. The molecule has 0 spiro atoms. The molecular weight excluding hydrogens is 412 g/mol.